The van der Waals surface area contributed by atoms with Gasteiger partial charge in [-0.25, -0.2) is 4.39 Å². The second-order valence-electron chi connectivity index (χ2n) is 4.74. The van der Waals surface area contributed by atoms with E-state index < -0.39 is 0 Å². The van der Waals surface area contributed by atoms with Gasteiger partial charge in [0.25, 0.3) is 0 Å². The van der Waals surface area contributed by atoms with Gasteiger partial charge in [-0.15, -0.1) is 0 Å². The first-order chi connectivity index (χ1) is 7.63. The number of para-hydroxylation sites is 1. The van der Waals surface area contributed by atoms with Crippen molar-refractivity contribution in [3.05, 3.63) is 29.6 Å². The van der Waals surface area contributed by atoms with E-state index in [9.17, 15) is 4.39 Å². The van der Waals surface area contributed by atoms with Gasteiger partial charge in [-0.1, -0.05) is 41.9 Å². The largest absolute Gasteiger partial charge is 0.368 e. The second kappa shape index (κ2) is 4.74. The zero-order valence-corrected chi connectivity index (χ0v) is 11.3. The number of alkyl halides is 1. The first kappa shape index (κ1) is 11.9. The predicted octanol–water partition coefficient (Wildman–Crippen LogP) is 3.81. The molecule has 0 radical (unpaired) electrons. The number of hydrogen-bond donors (Lipinski definition) is 0. The van der Waals surface area contributed by atoms with Crippen molar-refractivity contribution in [2.75, 3.05) is 18.0 Å². The van der Waals surface area contributed by atoms with Crippen LogP contribution < -0.4 is 4.90 Å². The molecule has 2 rings (SSSR count). The first-order valence-corrected chi connectivity index (χ1v) is 6.84. The van der Waals surface area contributed by atoms with E-state index in [1.807, 2.05) is 6.07 Å². The molecule has 1 aliphatic rings. The summed E-state index contributed by atoms with van der Waals surface area (Å²) >= 11 is 3.43. The Kier molecular flexibility index (Phi) is 3.53. The van der Waals surface area contributed by atoms with Crippen molar-refractivity contribution in [2.45, 2.75) is 19.2 Å². The Balaban J connectivity index is 2.33. The van der Waals surface area contributed by atoms with Crippen LogP contribution in [0.1, 0.15) is 19.4 Å². The predicted molar refractivity (Wildman–Crippen MR) is 69.6 cm³/mol. The monoisotopic (exact) mass is 285 g/mol. The number of benzene rings is 1. The van der Waals surface area contributed by atoms with Gasteiger partial charge in [0.15, 0.2) is 0 Å². The Bertz CT molecular complexity index is 370. The van der Waals surface area contributed by atoms with Crippen LogP contribution >= 0.6 is 15.9 Å². The molecule has 16 heavy (non-hydrogen) atoms. The third-order valence-corrected chi connectivity index (χ3v) is 4.12. The summed E-state index contributed by atoms with van der Waals surface area (Å²) in [7, 11) is 0. The van der Waals surface area contributed by atoms with Gasteiger partial charge in [-0.2, -0.15) is 0 Å². The van der Waals surface area contributed by atoms with Crippen molar-refractivity contribution in [1.82, 2.24) is 0 Å². The third-order valence-electron chi connectivity index (χ3n) is 3.52. The zero-order chi connectivity index (χ0) is 11.7. The van der Waals surface area contributed by atoms with E-state index in [0.717, 1.165) is 24.3 Å². The van der Waals surface area contributed by atoms with Crippen LogP contribution in [-0.4, -0.2) is 13.1 Å². The van der Waals surface area contributed by atoms with Gasteiger partial charge in [-0.3, -0.25) is 0 Å². The molecule has 0 aromatic heterocycles. The van der Waals surface area contributed by atoms with E-state index in [1.165, 1.54) is 0 Å². The van der Waals surface area contributed by atoms with E-state index in [-0.39, 0.29) is 5.82 Å². The standard InChI is InChI=1S/C13H17BrFN/c1-9-7-16(8-10(9)2)13-11(6-14)4-3-5-12(13)15/h3-5,9-10H,6-8H2,1-2H3. The van der Waals surface area contributed by atoms with Crippen LogP contribution in [0.5, 0.6) is 0 Å². The average molecular weight is 286 g/mol. The maximum atomic E-state index is 13.9. The molecule has 0 spiro atoms. The molecule has 1 aliphatic heterocycles. The van der Waals surface area contributed by atoms with E-state index in [2.05, 4.69) is 34.7 Å². The van der Waals surface area contributed by atoms with Crippen LogP contribution in [0.3, 0.4) is 0 Å². The Labute approximate surface area is 105 Å². The Hall–Kier alpha value is -0.570. The Morgan fingerprint density at radius 2 is 1.94 bits per heavy atom. The Morgan fingerprint density at radius 1 is 1.31 bits per heavy atom. The van der Waals surface area contributed by atoms with Gasteiger partial charge in [0.05, 0.1) is 5.69 Å². The highest BCUT2D eigenvalue weighted by molar-refractivity contribution is 9.08. The van der Waals surface area contributed by atoms with Crippen molar-refractivity contribution < 1.29 is 4.39 Å². The van der Waals surface area contributed by atoms with Crippen LogP contribution in [0.15, 0.2) is 18.2 Å². The summed E-state index contributed by atoms with van der Waals surface area (Å²) in [6, 6.07) is 5.31. The molecular weight excluding hydrogens is 269 g/mol. The number of hydrogen-bond acceptors (Lipinski definition) is 1. The molecule has 1 nitrogen and oxygen atoms in total. The number of rotatable bonds is 2. The molecule has 2 unspecified atom stereocenters. The van der Waals surface area contributed by atoms with Crippen molar-refractivity contribution in [3.63, 3.8) is 0 Å². The lowest BCUT2D eigenvalue weighted by atomic mass is 10.0. The molecule has 3 heteroatoms. The fourth-order valence-electron chi connectivity index (χ4n) is 2.33. The summed E-state index contributed by atoms with van der Waals surface area (Å²) in [6.45, 7) is 6.39. The maximum absolute atomic E-state index is 13.9. The molecule has 0 saturated carbocycles. The average Bonchev–Trinajstić information content (AvgIpc) is 2.58. The summed E-state index contributed by atoms with van der Waals surface area (Å²) in [4.78, 5) is 2.18. The normalized spacial score (nSPS) is 25.1. The van der Waals surface area contributed by atoms with Crippen molar-refractivity contribution in [3.8, 4) is 0 Å². The molecule has 2 atom stereocenters. The quantitative estimate of drug-likeness (QED) is 0.747. The second-order valence-corrected chi connectivity index (χ2v) is 5.30. The van der Waals surface area contributed by atoms with Crippen molar-refractivity contribution >= 4 is 21.6 Å². The summed E-state index contributed by atoms with van der Waals surface area (Å²) in [6.07, 6.45) is 0. The minimum Gasteiger partial charge on any atom is -0.368 e. The minimum atomic E-state index is -0.0988. The van der Waals surface area contributed by atoms with Crippen molar-refractivity contribution in [1.29, 1.82) is 0 Å². The van der Waals surface area contributed by atoms with Crippen LogP contribution in [0.25, 0.3) is 0 Å². The molecule has 88 valence electrons. The van der Waals surface area contributed by atoms with E-state index in [4.69, 9.17) is 0 Å². The van der Waals surface area contributed by atoms with Gasteiger partial charge >= 0.3 is 0 Å². The Morgan fingerprint density at radius 3 is 2.50 bits per heavy atom. The number of halogens is 2. The van der Waals surface area contributed by atoms with Gasteiger partial charge in [0.2, 0.25) is 0 Å². The first-order valence-electron chi connectivity index (χ1n) is 5.71. The van der Waals surface area contributed by atoms with Crippen LogP contribution in [-0.2, 0) is 5.33 Å². The van der Waals surface area contributed by atoms with E-state index >= 15 is 0 Å². The molecule has 0 amide bonds. The third kappa shape index (κ3) is 2.10. The number of nitrogens with zero attached hydrogens (tertiary/aromatic N) is 1. The topological polar surface area (TPSA) is 3.24 Å². The zero-order valence-electron chi connectivity index (χ0n) is 9.71. The SMILES string of the molecule is CC1CN(c2c(F)cccc2CBr)CC1C. The summed E-state index contributed by atoms with van der Waals surface area (Å²) < 4.78 is 13.9. The van der Waals surface area contributed by atoms with Crippen LogP contribution in [0, 0.1) is 17.7 Å². The smallest absolute Gasteiger partial charge is 0.146 e. The number of anilines is 1. The fraction of sp³-hybridized carbons (Fsp3) is 0.538. The molecule has 1 heterocycles. The molecule has 0 N–H and O–H groups in total. The summed E-state index contributed by atoms with van der Waals surface area (Å²) in [5, 5.41) is 0.708. The van der Waals surface area contributed by atoms with E-state index in [1.54, 1.807) is 12.1 Å². The van der Waals surface area contributed by atoms with Gasteiger partial charge in [-0.05, 0) is 23.5 Å². The summed E-state index contributed by atoms with van der Waals surface area (Å²) in [5.41, 5.74) is 1.83. The molecule has 1 fully saturated rings. The molecule has 0 bridgehead atoms. The highest BCUT2D eigenvalue weighted by Crippen LogP contribution is 2.33. The lowest BCUT2D eigenvalue weighted by Gasteiger charge is -2.22. The highest BCUT2D eigenvalue weighted by atomic mass is 79.9. The minimum absolute atomic E-state index is 0.0988. The van der Waals surface area contributed by atoms with Crippen LogP contribution in [0.2, 0.25) is 0 Å². The van der Waals surface area contributed by atoms with Crippen molar-refractivity contribution in [2.24, 2.45) is 11.8 Å². The van der Waals surface area contributed by atoms with Gasteiger partial charge in [0, 0.05) is 18.4 Å². The molecule has 0 aliphatic carbocycles. The molecule has 1 aromatic rings. The van der Waals surface area contributed by atoms with E-state index in [0.29, 0.717) is 17.2 Å². The summed E-state index contributed by atoms with van der Waals surface area (Å²) in [5.74, 6) is 1.18. The maximum Gasteiger partial charge on any atom is 0.146 e. The highest BCUT2D eigenvalue weighted by Gasteiger charge is 2.28. The lowest BCUT2D eigenvalue weighted by Crippen LogP contribution is -2.22. The van der Waals surface area contributed by atoms with Crippen LogP contribution in [0.4, 0.5) is 10.1 Å². The lowest BCUT2D eigenvalue weighted by molar-refractivity contribution is 0.494. The molecule has 1 aromatic carbocycles. The molecular formula is C13H17BrFN. The fourth-order valence-corrected chi connectivity index (χ4v) is 2.79. The van der Waals surface area contributed by atoms with Gasteiger partial charge < -0.3 is 4.90 Å². The van der Waals surface area contributed by atoms with Gasteiger partial charge in [0.1, 0.15) is 5.82 Å². The molecule has 1 saturated heterocycles.